The minimum atomic E-state index is -0.965. The molecule has 234 valence electrons. The van der Waals surface area contributed by atoms with Gasteiger partial charge in [-0.2, -0.15) is 0 Å². The summed E-state index contributed by atoms with van der Waals surface area (Å²) in [5.41, 5.74) is 0. The average molecular weight is 565 g/mol. The minimum absolute atomic E-state index is 0.120. The van der Waals surface area contributed by atoms with Gasteiger partial charge in [0.2, 0.25) is 0 Å². The number of allylic oxidation sites excluding steroid dienone is 4. The number of hydrogen-bond acceptors (Lipinski definition) is 5. The Morgan fingerprint density at radius 1 is 0.500 bits per heavy atom. The largest absolute Gasteiger partial charge is 0.463 e. The molecule has 0 saturated heterocycles. The van der Waals surface area contributed by atoms with Gasteiger partial charge in [0, 0.05) is 12.8 Å². The standard InChI is InChI=1S/C35H64O5/c1-3-5-7-9-11-13-15-17-19-21-23-25-27-29-34(37)39-31-33(36)32-40-35(38)30-28-26-24-22-20-18-16-14-12-10-8-6-4-2/h11,13-14,16,33,36H,3-10,12,15,17-32H2,1-2H3/b13-11+,16-14+. The van der Waals surface area contributed by atoms with E-state index >= 15 is 0 Å². The first-order valence-electron chi connectivity index (χ1n) is 16.9. The number of carbonyl (C=O) groups excluding carboxylic acids is 2. The molecule has 1 unspecified atom stereocenters. The van der Waals surface area contributed by atoms with E-state index in [1.165, 1.54) is 96.3 Å². The molecule has 0 rings (SSSR count). The quantitative estimate of drug-likeness (QED) is 0.0534. The molecule has 0 amide bonds. The van der Waals surface area contributed by atoms with Gasteiger partial charge in [0.1, 0.15) is 19.3 Å². The van der Waals surface area contributed by atoms with Gasteiger partial charge in [-0.1, -0.05) is 115 Å². The molecule has 0 radical (unpaired) electrons. The van der Waals surface area contributed by atoms with E-state index in [-0.39, 0.29) is 25.2 Å². The Balaban J connectivity index is 3.46. The number of carbonyl (C=O) groups is 2. The number of aliphatic hydroxyl groups excluding tert-OH is 1. The summed E-state index contributed by atoms with van der Waals surface area (Å²) in [6.07, 6.45) is 35.0. The lowest BCUT2D eigenvalue weighted by atomic mass is 10.1. The summed E-state index contributed by atoms with van der Waals surface area (Å²) in [5.74, 6) is -0.583. The van der Waals surface area contributed by atoms with E-state index in [2.05, 4.69) is 38.2 Å². The molecule has 1 N–H and O–H groups in total. The van der Waals surface area contributed by atoms with Gasteiger partial charge in [0.15, 0.2) is 0 Å². The van der Waals surface area contributed by atoms with Gasteiger partial charge in [-0.3, -0.25) is 9.59 Å². The van der Waals surface area contributed by atoms with Crippen LogP contribution in [0.15, 0.2) is 24.3 Å². The summed E-state index contributed by atoms with van der Waals surface area (Å²) < 4.78 is 10.3. The maximum absolute atomic E-state index is 11.9. The van der Waals surface area contributed by atoms with E-state index in [0.29, 0.717) is 12.8 Å². The van der Waals surface area contributed by atoms with Crippen molar-refractivity contribution >= 4 is 11.9 Å². The van der Waals surface area contributed by atoms with Crippen LogP contribution in [0.1, 0.15) is 168 Å². The second-order valence-electron chi connectivity index (χ2n) is 11.3. The van der Waals surface area contributed by atoms with Crippen molar-refractivity contribution in [1.82, 2.24) is 0 Å². The summed E-state index contributed by atoms with van der Waals surface area (Å²) in [5, 5.41) is 9.95. The summed E-state index contributed by atoms with van der Waals surface area (Å²) in [7, 11) is 0. The van der Waals surface area contributed by atoms with Crippen LogP contribution in [0.5, 0.6) is 0 Å². The van der Waals surface area contributed by atoms with Crippen molar-refractivity contribution in [3.63, 3.8) is 0 Å². The SMILES string of the molecule is CCCCC/C=C/CCCCCCCCC(=O)OCC(O)COC(=O)CCCCCCC/C=C/CCCCCC. The van der Waals surface area contributed by atoms with Gasteiger partial charge in [0.25, 0.3) is 0 Å². The van der Waals surface area contributed by atoms with E-state index in [1.54, 1.807) is 0 Å². The first kappa shape index (κ1) is 38.4. The topological polar surface area (TPSA) is 72.8 Å². The van der Waals surface area contributed by atoms with Crippen molar-refractivity contribution < 1.29 is 24.2 Å². The van der Waals surface area contributed by atoms with Crippen molar-refractivity contribution in [1.29, 1.82) is 0 Å². The summed E-state index contributed by atoms with van der Waals surface area (Å²) >= 11 is 0. The molecular weight excluding hydrogens is 500 g/mol. The second kappa shape index (κ2) is 31.9. The van der Waals surface area contributed by atoms with Crippen LogP contribution in [0.3, 0.4) is 0 Å². The molecule has 0 aliphatic carbocycles. The third-order valence-electron chi connectivity index (χ3n) is 7.16. The van der Waals surface area contributed by atoms with Crippen LogP contribution >= 0.6 is 0 Å². The lowest BCUT2D eigenvalue weighted by Gasteiger charge is -2.12. The number of esters is 2. The van der Waals surface area contributed by atoms with Crippen LogP contribution in [-0.2, 0) is 19.1 Å². The minimum Gasteiger partial charge on any atom is -0.463 e. The average Bonchev–Trinajstić information content (AvgIpc) is 2.95. The first-order valence-corrected chi connectivity index (χ1v) is 16.9. The van der Waals surface area contributed by atoms with Crippen molar-refractivity contribution in [3.8, 4) is 0 Å². The molecule has 0 aliphatic rings. The maximum atomic E-state index is 11.9. The molecule has 0 aromatic rings. The molecule has 0 spiro atoms. The van der Waals surface area contributed by atoms with Crippen molar-refractivity contribution in [2.24, 2.45) is 0 Å². The lowest BCUT2D eigenvalue weighted by Crippen LogP contribution is -2.25. The van der Waals surface area contributed by atoms with E-state index < -0.39 is 6.10 Å². The van der Waals surface area contributed by atoms with E-state index in [0.717, 1.165) is 44.9 Å². The van der Waals surface area contributed by atoms with Gasteiger partial charge in [-0.25, -0.2) is 0 Å². The Labute approximate surface area is 247 Å². The molecule has 5 nitrogen and oxygen atoms in total. The number of unbranched alkanes of at least 4 members (excludes halogenated alkanes) is 18. The van der Waals surface area contributed by atoms with Crippen molar-refractivity contribution in [2.45, 2.75) is 174 Å². The maximum Gasteiger partial charge on any atom is 0.305 e. The molecule has 0 fully saturated rings. The van der Waals surface area contributed by atoms with E-state index in [9.17, 15) is 14.7 Å². The Bertz CT molecular complexity index is 613. The highest BCUT2D eigenvalue weighted by Crippen LogP contribution is 2.11. The highest BCUT2D eigenvalue weighted by atomic mass is 16.6. The highest BCUT2D eigenvalue weighted by Gasteiger charge is 2.12. The normalized spacial score (nSPS) is 12.4. The van der Waals surface area contributed by atoms with Gasteiger partial charge in [-0.15, -0.1) is 0 Å². The molecular formula is C35H64O5. The number of ether oxygens (including phenoxy) is 2. The highest BCUT2D eigenvalue weighted by molar-refractivity contribution is 5.69. The van der Waals surface area contributed by atoms with Crippen LogP contribution in [0.2, 0.25) is 0 Å². The zero-order valence-corrected chi connectivity index (χ0v) is 26.4. The fourth-order valence-electron chi connectivity index (χ4n) is 4.54. The van der Waals surface area contributed by atoms with Gasteiger partial charge >= 0.3 is 11.9 Å². The predicted octanol–water partition coefficient (Wildman–Crippen LogP) is 9.95. The van der Waals surface area contributed by atoms with Crippen LogP contribution in [0.4, 0.5) is 0 Å². The monoisotopic (exact) mass is 564 g/mol. The Morgan fingerprint density at radius 2 is 0.800 bits per heavy atom. The zero-order valence-electron chi connectivity index (χ0n) is 26.4. The van der Waals surface area contributed by atoms with Crippen molar-refractivity contribution in [2.75, 3.05) is 13.2 Å². The third-order valence-corrected chi connectivity index (χ3v) is 7.16. The van der Waals surface area contributed by atoms with Crippen LogP contribution in [0, 0.1) is 0 Å². The number of rotatable bonds is 30. The third kappa shape index (κ3) is 30.9. The Morgan fingerprint density at radius 3 is 1.20 bits per heavy atom. The van der Waals surface area contributed by atoms with Crippen LogP contribution in [-0.4, -0.2) is 36.4 Å². The molecule has 0 saturated carbocycles. The van der Waals surface area contributed by atoms with Gasteiger partial charge in [-0.05, 0) is 64.2 Å². The fraction of sp³-hybridized carbons (Fsp3) is 0.829. The van der Waals surface area contributed by atoms with Crippen molar-refractivity contribution in [3.05, 3.63) is 24.3 Å². The molecule has 1 atom stereocenters. The molecule has 0 aromatic heterocycles. The summed E-state index contributed by atoms with van der Waals surface area (Å²) in [4.78, 5) is 23.8. The molecule has 5 heteroatoms. The van der Waals surface area contributed by atoms with E-state index in [1.807, 2.05) is 0 Å². The predicted molar refractivity (Wildman–Crippen MR) is 168 cm³/mol. The Hall–Kier alpha value is -1.62. The fourth-order valence-corrected chi connectivity index (χ4v) is 4.54. The van der Waals surface area contributed by atoms with Gasteiger partial charge < -0.3 is 14.6 Å². The summed E-state index contributed by atoms with van der Waals surface area (Å²) in [6.45, 7) is 4.24. The molecule has 0 aromatic carbocycles. The first-order chi connectivity index (χ1) is 19.6. The molecule has 0 heterocycles. The molecule has 0 bridgehead atoms. The number of hydrogen-bond donors (Lipinski definition) is 1. The molecule has 0 aliphatic heterocycles. The Kier molecular flexibility index (Phi) is 30.6. The second-order valence-corrected chi connectivity index (χ2v) is 11.3. The molecule has 40 heavy (non-hydrogen) atoms. The lowest BCUT2D eigenvalue weighted by molar-refractivity contribution is -0.152. The van der Waals surface area contributed by atoms with Gasteiger partial charge in [0.05, 0.1) is 0 Å². The number of aliphatic hydroxyl groups is 1. The summed E-state index contributed by atoms with van der Waals surface area (Å²) in [6, 6.07) is 0. The zero-order chi connectivity index (χ0) is 29.4. The van der Waals surface area contributed by atoms with Crippen LogP contribution < -0.4 is 0 Å². The van der Waals surface area contributed by atoms with Crippen LogP contribution in [0.25, 0.3) is 0 Å². The van der Waals surface area contributed by atoms with E-state index in [4.69, 9.17) is 9.47 Å². The smallest absolute Gasteiger partial charge is 0.305 e.